The summed E-state index contributed by atoms with van der Waals surface area (Å²) in [6.45, 7) is 0. The van der Waals surface area contributed by atoms with Crippen molar-refractivity contribution in [2.45, 2.75) is 0 Å². The second-order valence-electron chi connectivity index (χ2n) is 2.26. The Morgan fingerprint density at radius 2 is 1.64 bits per heavy atom. The Morgan fingerprint density at radius 1 is 0.909 bits per heavy atom. The van der Waals surface area contributed by atoms with Crippen LogP contribution in [0.25, 0.3) is 10.8 Å². The summed E-state index contributed by atoms with van der Waals surface area (Å²) < 4.78 is 0. The minimum atomic E-state index is 0. The molecular formula is C10H7Rh-. The second-order valence-corrected chi connectivity index (χ2v) is 2.26. The standard InChI is InChI=1S/C10H7.Rh/c1-2-6-10-8-4-3-7-9(10)5-1;/h1-7H;/q-1;. The van der Waals surface area contributed by atoms with E-state index < -0.39 is 0 Å². The van der Waals surface area contributed by atoms with Gasteiger partial charge in [-0.3, -0.25) is 0 Å². The van der Waals surface area contributed by atoms with Gasteiger partial charge >= 0.3 is 0 Å². The Labute approximate surface area is 79.0 Å². The summed E-state index contributed by atoms with van der Waals surface area (Å²) in [6, 6.07) is 17.4. The molecule has 0 aromatic heterocycles. The number of hydrogen-bond acceptors (Lipinski definition) is 0. The fourth-order valence-corrected chi connectivity index (χ4v) is 1.06. The van der Waals surface area contributed by atoms with Gasteiger partial charge in [0.05, 0.1) is 0 Å². The van der Waals surface area contributed by atoms with Crippen molar-refractivity contribution < 1.29 is 19.5 Å². The zero-order chi connectivity index (χ0) is 6.81. The average molecular weight is 230 g/mol. The summed E-state index contributed by atoms with van der Waals surface area (Å²) in [6.07, 6.45) is 0. The van der Waals surface area contributed by atoms with Crippen LogP contribution in [0.2, 0.25) is 0 Å². The summed E-state index contributed by atoms with van der Waals surface area (Å²) in [7, 11) is 0. The third-order valence-electron chi connectivity index (χ3n) is 1.57. The van der Waals surface area contributed by atoms with Gasteiger partial charge in [-0.05, 0) is 0 Å². The normalized spacial score (nSPS) is 9.09. The predicted molar refractivity (Wildman–Crippen MR) is 42.8 cm³/mol. The summed E-state index contributed by atoms with van der Waals surface area (Å²) in [5.74, 6) is 0. The van der Waals surface area contributed by atoms with Crippen LogP contribution in [-0.2, 0) is 19.5 Å². The molecule has 0 saturated carbocycles. The van der Waals surface area contributed by atoms with Crippen LogP contribution in [0.1, 0.15) is 0 Å². The molecule has 11 heavy (non-hydrogen) atoms. The van der Waals surface area contributed by atoms with Crippen molar-refractivity contribution >= 4 is 10.8 Å². The van der Waals surface area contributed by atoms with E-state index in [1.165, 1.54) is 10.8 Å². The maximum Gasteiger partial charge on any atom is 0 e. The van der Waals surface area contributed by atoms with Gasteiger partial charge in [0.15, 0.2) is 0 Å². The van der Waals surface area contributed by atoms with Crippen molar-refractivity contribution in [3.8, 4) is 0 Å². The predicted octanol–water partition coefficient (Wildman–Crippen LogP) is 2.64. The van der Waals surface area contributed by atoms with Crippen molar-refractivity contribution in [2.24, 2.45) is 0 Å². The van der Waals surface area contributed by atoms with Crippen molar-refractivity contribution in [3.05, 3.63) is 48.5 Å². The molecule has 1 radical (unpaired) electrons. The Hall–Kier alpha value is -0.677. The molecule has 0 spiro atoms. The molecule has 1 heteroatoms. The molecule has 0 saturated heterocycles. The average Bonchev–Trinajstić information content (AvgIpc) is 2.05. The van der Waals surface area contributed by atoms with Gasteiger partial charge in [-0.15, -0.1) is 47.2 Å². The van der Waals surface area contributed by atoms with E-state index in [1.807, 2.05) is 24.3 Å². The number of benzene rings is 2. The fraction of sp³-hybridized carbons (Fsp3) is 0. The second kappa shape index (κ2) is 3.64. The van der Waals surface area contributed by atoms with Gasteiger partial charge in [0.2, 0.25) is 0 Å². The first-order valence-corrected chi connectivity index (χ1v) is 3.32. The van der Waals surface area contributed by atoms with Crippen LogP contribution in [0.15, 0.2) is 42.5 Å². The molecule has 0 nitrogen and oxygen atoms in total. The monoisotopic (exact) mass is 230 g/mol. The van der Waals surface area contributed by atoms with Crippen LogP contribution < -0.4 is 0 Å². The van der Waals surface area contributed by atoms with E-state index in [1.54, 1.807) is 0 Å². The van der Waals surface area contributed by atoms with Crippen LogP contribution in [0.4, 0.5) is 0 Å². The van der Waals surface area contributed by atoms with E-state index in [2.05, 4.69) is 24.3 Å². The molecule has 2 rings (SSSR count). The molecular weight excluding hydrogens is 223 g/mol. The zero-order valence-electron chi connectivity index (χ0n) is 5.87. The first-order valence-electron chi connectivity index (χ1n) is 3.32. The molecule has 0 fully saturated rings. The van der Waals surface area contributed by atoms with Crippen LogP contribution in [-0.4, -0.2) is 0 Å². The van der Waals surface area contributed by atoms with Crippen molar-refractivity contribution in [1.29, 1.82) is 0 Å². The van der Waals surface area contributed by atoms with Gasteiger partial charge in [0.25, 0.3) is 0 Å². The zero-order valence-corrected chi connectivity index (χ0v) is 7.51. The van der Waals surface area contributed by atoms with Crippen molar-refractivity contribution in [3.63, 3.8) is 0 Å². The van der Waals surface area contributed by atoms with Crippen molar-refractivity contribution in [2.75, 3.05) is 0 Å². The van der Waals surface area contributed by atoms with E-state index in [4.69, 9.17) is 0 Å². The van der Waals surface area contributed by atoms with Gasteiger partial charge in [0.1, 0.15) is 0 Å². The Balaban J connectivity index is 0.000000605. The summed E-state index contributed by atoms with van der Waals surface area (Å²) in [5.41, 5.74) is 0. The van der Waals surface area contributed by atoms with Crippen LogP contribution >= 0.6 is 0 Å². The first-order chi connectivity index (χ1) is 4.97. The molecule has 0 heterocycles. The molecule has 2 aromatic rings. The van der Waals surface area contributed by atoms with E-state index in [-0.39, 0.29) is 19.5 Å². The smallest absolute Gasteiger partial charge is 0 e. The minimum absolute atomic E-state index is 0. The third-order valence-corrected chi connectivity index (χ3v) is 1.57. The largest absolute Gasteiger partial charge is 0.147 e. The molecule has 0 aliphatic heterocycles. The summed E-state index contributed by atoms with van der Waals surface area (Å²) in [4.78, 5) is 0. The molecule has 0 aliphatic rings. The maximum atomic E-state index is 3.15. The third kappa shape index (κ3) is 1.67. The Kier molecular flexibility index (Phi) is 2.79. The number of hydrogen-bond donors (Lipinski definition) is 0. The number of rotatable bonds is 0. The SMILES string of the molecule is [Rh].[c-]1cccc2ccccc12. The van der Waals surface area contributed by atoms with Gasteiger partial charge in [0, 0.05) is 19.5 Å². The van der Waals surface area contributed by atoms with E-state index in [0.717, 1.165) is 0 Å². The van der Waals surface area contributed by atoms with E-state index in [9.17, 15) is 0 Å². The van der Waals surface area contributed by atoms with E-state index >= 15 is 0 Å². The first kappa shape index (κ1) is 8.42. The quantitative estimate of drug-likeness (QED) is 0.482. The summed E-state index contributed by atoms with van der Waals surface area (Å²) in [5, 5.41) is 2.44. The maximum absolute atomic E-state index is 3.15. The Morgan fingerprint density at radius 3 is 2.45 bits per heavy atom. The molecule has 0 atom stereocenters. The molecule has 0 N–H and O–H groups in total. The number of fused-ring (bicyclic) bond motifs is 1. The molecule has 0 bridgehead atoms. The van der Waals surface area contributed by atoms with Crippen LogP contribution in [0.3, 0.4) is 0 Å². The van der Waals surface area contributed by atoms with Crippen LogP contribution in [0.5, 0.6) is 0 Å². The summed E-state index contributed by atoms with van der Waals surface area (Å²) >= 11 is 0. The molecule has 2 aromatic carbocycles. The van der Waals surface area contributed by atoms with Gasteiger partial charge in [-0.2, -0.15) is 0 Å². The van der Waals surface area contributed by atoms with Gasteiger partial charge in [-0.25, -0.2) is 0 Å². The minimum Gasteiger partial charge on any atom is -0.147 e. The van der Waals surface area contributed by atoms with Crippen LogP contribution in [0, 0.1) is 6.07 Å². The molecule has 57 valence electrons. The Bertz CT molecular complexity index is 276. The molecule has 0 unspecified atom stereocenters. The molecule has 0 amide bonds. The van der Waals surface area contributed by atoms with Gasteiger partial charge in [-0.1, -0.05) is 12.1 Å². The van der Waals surface area contributed by atoms with Crippen molar-refractivity contribution in [1.82, 2.24) is 0 Å². The fourth-order valence-electron chi connectivity index (χ4n) is 1.06. The van der Waals surface area contributed by atoms with Gasteiger partial charge < -0.3 is 0 Å². The van der Waals surface area contributed by atoms with E-state index in [0.29, 0.717) is 0 Å². The topological polar surface area (TPSA) is 0 Å². The molecule has 0 aliphatic carbocycles.